The molecular formula is C13H14N6OS. The van der Waals surface area contributed by atoms with Crippen LogP contribution in [0.15, 0.2) is 24.3 Å². The van der Waals surface area contributed by atoms with E-state index in [1.54, 1.807) is 4.68 Å². The van der Waals surface area contributed by atoms with E-state index in [-0.39, 0.29) is 5.91 Å². The van der Waals surface area contributed by atoms with Gasteiger partial charge in [-0.05, 0) is 18.6 Å². The number of nitrogens with one attached hydrogen (secondary N) is 1. The highest BCUT2D eigenvalue weighted by Crippen LogP contribution is 2.16. The number of carbonyl (C=O) groups is 1. The summed E-state index contributed by atoms with van der Waals surface area (Å²) in [6.07, 6.45) is 1.13. The summed E-state index contributed by atoms with van der Waals surface area (Å²) in [6.45, 7) is 2.48. The Bertz CT molecular complexity index is 765. The van der Waals surface area contributed by atoms with Crippen molar-refractivity contribution in [2.45, 2.75) is 26.3 Å². The fraction of sp³-hybridized carbons (Fsp3) is 0.308. The molecule has 7 nitrogen and oxygen atoms in total. The fourth-order valence-electron chi connectivity index (χ4n) is 1.92. The third-order valence-electron chi connectivity index (χ3n) is 2.99. The van der Waals surface area contributed by atoms with Crippen LogP contribution in [-0.4, -0.2) is 31.1 Å². The van der Waals surface area contributed by atoms with Gasteiger partial charge in [0.1, 0.15) is 10.5 Å². The van der Waals surface area contributed by atoms with E-state index in [9.17, 15) is 4.79 Å². The third-order valence-corrected chi connectivity index (χ3v) is 3.97. The summed E-state index contributed by atoms with van der Waals surface area (Å²) in [4.78, 5) is 11.9. The average molecular weight is 302 g/mol. The van der Waals surface area contributed by atoms with Crippen molar-refractivity contribution in [1.82, 2.24) is 25.2 Å². The summed E-state index contributed by atoms with van der Waals surface area (Å²) in [5.74, 6) is -0.103. The number of fused-ring (bicyclic) bond motifs is 1. The lowest BCUT2D eigenvalue weighted by Crippen LogP contribution is -2.15. The highest BCUT2D eigenvalue weighted by Gasteiger charge is 2.09. The van der Waals surface area contributed by atoms with Gasteiger partial charge in [-0.2, -0.15) is 0 Å². The molecule has 0 bridgehead atoms. The molecule has 21 heavy (non-hydrogen) atoms. The quantitative estimate of drug-likeness (QED) is 0.777. The summed E-state index contributed by atoms with van der Waals surface area (Å²) >= 11 is 1.40. The van der Waals surface area contributed by atoms with Crippen LogP contribution in [0.3, 0.4) is 0 Å². The minimum atomic E-state index is -0.103. The largest absolute Gasteiger partial charge is 0.300 e. The van der Waals surface area contributed by atoms with Gasteiger partial charge >= 0.3 is 0 Å². The number of rotatable bonds is 5. The van der Waals surface area contributed by atoms with Crippen molar-refractivity contribution in [2.24, 2.45) is 0 Å². The second-order valence-electron chi connectivity index (χ2n) is 4.45. The normalized spacial score (nSPS) is 10.9. The number of hydrogen-bond acceptors (Lipinski definition) is 6. The fourth-order valence-corrected chi connectivity index (χ4v) is 2.61. The summed E-state index contributed by atoms with van der Waals surface area (Å²) in [5, 5.41) is 20.2. The molecule has 0 aliphatic heterocycles. The summed E-state index contributed by atoms with van der Waals surface area (Å²) in [7, 11) is 0. The van der Waals surface area contributed by atoms with Crippen molar-refractivity contribution >= 4 is 33.4 Å². The molecular weight excluding hydrogens is 288 g/mol. The summed E-state index contributed by atoms with van der Waals surface area (Å²) < 4.78 is 1.73. The minimum absolute atomic E-state index is 0.103. The Kier molecular flexibility index (Phi) is 3.87. The van der Waals surface area contributed by atoms with Crippen LogP contribution in [0.4, 0.5) is 5.13 Å². The number of aryl methyl sites for hydroxylation is 2. The average Bonchev–Trinajstić information content (AvgIpc) is 3.11. The van der Waals surface area contributed by atoms with Gasteiger partial charge in [0.05, 0.1) is 12.1 Å². The number of hydrogen-bond donors (Lipinski definition) is 1. The maximum Gasteiger partial charge on any atom is 0.228 e. The zero-order chi connectivity index (χ0) is 14.7. The van der Waals surface area contributed by atoms with E-state index in [1.807, 2.05) is 31.2 Å². The second kappa shape index (κ2) is 5.96. The molecule has 0 spiro atoms. The zero-order valence-electron chi connectivity index (χ0n) is 11.5. The predicted octanol–water partition coefficient (Wildman–Crippen LogP) is 1.87. The van der Waals surface area contributed by atoms with Gasteiger partial charge < -0.3 is 5.32 Å². The van der Waals surface area contributed by atoms with E-state index in [0.29, 0.717) is 18.1 Å². The SMILES string of the molecule is CCc1nnc(NC(=O)CCn2nnc3ccccc32)s1. The van der Waals surface area contributed by atoms with Crippen LogP contribution < -0.4 is 5.32 Å². The molecule has 3 aromatic rings. The molecule has 0 saturated heterocycles. The lowest BCUT2D eigenvalue weighted by molar-refractivity contribution is -0.116. The van der Waals surface area contributed by atoms with Crippen LogP contribution in [0.25, 0.3) is 11.0 Å². The highest BCUT2D eigenvalue weighted by atomic mass is 32.1. The first-order valence-corrected chi connectivity index (χ1v) is 7.48. The second-order valence-corrected chi connectivity index (χ2v) is 5.52. The molecule has 1 aromatic carbocycles. The number of anilines is 1. The number of aromatic nitrogens is 5. The summed E-state index contributed by atoms with van der Waals surface area (Å²) in [5.41, 5.74) is 1.75. The van der Waals surface area contributed by atoms with E-state index in [0.717, 1.165) is 22.5 Å². The van der Waals surface area contributed by atoms with Crippen LogP contribution in [0.5, 0.6) is 0 Å². The first kappa shape index (κ1) is 13.6. The number of carbonyl (C=O) groups excluding carboxylic acids is 1. The van der Waals surface area contributed by atoms with Gasteiger partial charge in [-0.15, -0.1) is 15.3 Å². The molecule has 1 amide bonds. The molecule has 1 N–H and O–H groups in total. The van der Waals surface area contributed by atoms with Crippen molar-refractivity contribution in [3.63, 3.8) is 0 Å². The monoisotopic (exact) mass is 302 g/mol. The Labute approximate surface area is 125 Å². The first-order valence-electron chi connectivity index (χ1n) is 6.66. The van der Waals surface area contributed by atoms with Crippen molar-refractivity contribution in [3.05, 3.63) is 29.3 Å². The Hall–Kier alpha value is -2.35. The van der Waals surface area contributed by atoms with E-state index in [1.165, 1.54) is 11.3 Å². The van der Waals surface area contributed by atoms with Crippen LogP contribution >= 0.6 is 11.3 Å². The smallest absolute Gasteiger partial charge is 0.228 e. The van der Waals surface area contributed by atoms with Gasteiger partial charge in [-0.1, -0.05) is 35.6 Å². The van der Waals surface area contributed by atoms with Gasteiger partial charge in [0.2, 0.25) is 11.0 Å². The van der Waals surface area contributed by atoms with E-state index >= 15 is 0 Å². The van der Waals surface area contributed by atoms with Gasteiger partial charge in [0.25, 0.3) is 0 Å². The van der Waals surface area contributed by atoms with E-state index < -0.39 is 0 Å². The lowest BCUT2D eigenvalue weighted by atomic mass is 10.3. The van der Waals surface area contributed by atoms with Gasteiger partial charge in [-0.25, -0.2) is 4.68 Å². The molecule has 2 heterocycles. The highest BCUT2D eigenvalue weighted by molar-refractivity contribution is 7.15. The molecule has 108 valence electrons. The molecule has 0 unspecified atom stereocenters. The van der Waals surface area contributed by atoms with Crippen molar-refractivity contribution in [3.8, 4) is 0 Å². The summed E-state index contributed by atoms with van der Waals surface area (Å²) in [6, 6.07) is 7.67. The third kappa shape index (κ3) is 3.05. The molecule has 8 heteroatoms. The molecule has 0 fully saturated rings. The molecule has 0 radical (unpaired) electrons. The lowest BCUT2D eigenvalue weighted by Gasteiger charge is -2.02. The molecule has 0 aliphatic carbocycles. The molecule has 2 aromatic heterocycles. The molecule has 0 atom stereocenters. The number of para-hydroxylation sites is 1. The standard InChI is InChI=1S/C13H14N6OS/c1-2-12-16-17-13(21-12)14-11(20)7-8-19-10-6-4-3-5-9(10)15-18-19/h3-6H,2,7-8H2,1H3,(H,14,17,20). The van der Waals surface area contributed by atoms with E-state index in [4.69, 9.17) is 0 Å². The number of amides is 1. The van der Waals surface area contributed by atoms with Crippen LogP contribution in [0.2, 0.25) is 0 Å². The van der Waals surface area contributed by atoms with Gasteiger partial charge in [-0.3, -0.25) is 4.79 Å². The number of nitrogens with zero attached hydrogens (tertiary/aromatic N) is 5. The van der Waals surface area contributed by atoms with Crippen molar-refractivity contribution in [1.29, 1.82) is 0 Å². The molecule has 0 aliphatic rings. The Balaban J connectivity index is 1.60. The van der Waals surface area contributed by atoms with Crippen LogP contribution in [-0.2, 0) is 17.8 Å². The Morgan fingerprint density at radius 3 is 2.95 bits per heavy atom. The van der Waals surface area contributed by atoms with Gasteiger partial charge in [0, 0.05) is 6.42 Å². The predicted molar refractivity (Wildman–Crippen MR) is 80.1 cm³/mol. The minimum Gasteiger partial charge on any atom is -0.300 e. The Morgan fingerprint density at radius 1 is 1.29 bits per heavy atom. The zero-order valence-corrected chi connectivity index (χ0v) is 12.3. The molecule has 0 saturated carbocycles. The van der Waals surface area contributed by atoms with Gasteiger partial charge in [0.15, 0.2) is 0 Å². The topological polar surface area (TPSA) is 85.6 Å². The van der Waals surface area contributed by atoms with Crippen LogP contribution in [0.1, 0.15) is 18.4 Å². The Morgan fingerprint density at radius 2 is 2.14 bits per heavy atom. The van der Waals surface area contributed by atoms with Crippen LogP contribution in [0, 0.1) is 0 Å². The van der Waals surface area contributed by atoms with E-state index in [2.05, 4.69) is 25.8 Å². The van der Waals surface area contributed by atoms with Crippen molar-refractivity contribution in [2.75, 3.05) is 5.32 Å². The maximum atomic E-state index is 11.9. The van der Waals surface area contributed by atoms with Crippen molar-refractivity contribution < 1.29 is 4.79 Å². The maximum absolute atomic E-state index is 11.9. The first-order chi connectivity index (χ1) is 10.3. The molecule has 3 rings (SSSR count). The number of benzene rings is 1.